The summed E-state index contributed by atoms with van der Waals surface area (Å²) in [6.07, 6.45) is 2.66. The number of hydrogen-bond acceptors (Lipinski definition) is 7. The number of rotatable bonds is 7. The summed E-state index contributed by atoms with van der Waals surface area (Å²) in [7, 11) is -3.41. The molecule has 1 fully saturated rings. The van der Waals surface area contributed by atoms with Crippen LogP contribution in [0.3, 0.4) is 0 Å². The maximum absolute atomic E-state index is 11.7. The Morgan fingerprint density at radius 3 is 2.80 bits per heavy atom. The molecule has 0 amide bonds. The molecule has 8 nitrogen and oxygen atoms in total. The van der Waals surface area contributed by atoms with Crippen LogP contribution in [0, 0.1) is 0 Å². The van der Waals surface area contributed by atoms with Gasteiger partial charge in [0.2, 0.25) is 16.0 Å². The number of carbonyl (C=O) groups is 1. The molecule has 1 aliphatic rings. The van der Waals surface area contributed by atoms with E-state index in [1.807, 2.05) is 0 Å². The Kier molecular flexibility index (Phi) is 5.95. The van der Waals surface area contributed by atoms with Crippen LogP contribution in [0.2, 0.25) is 0 Å². The summed E-state index contributed by atoms with van der Waals surface area (Å²) in [5.74, 6) is -1.37. The van der Waals surface area contributed by atoms with Crippen LogP contribution in [0.1, 0.15) is 18.5 Å². The predicted octanol–water partition coefficient (Wildman–Crippen LogP) is -4.35. The average Bonchev–Trinajstić information content (AvgIpc) is 3.12. The molecule has 1 N–H and O–H groups in total. The molecule has 1 saturated carbocycles. The maximum Gasteiger partial charge on any atom is 1.00 e. The molecule has 1 aromatic rings. The summed E-state index contributed by atoms with van der Waals surface area (Å²) in [4.78, 5) is 17.9. The fourth-order valence-electron chi connectivity index (χ4n) is 1.35. The SMILES string of the molecule is O=C([O-])COCc1ccnc(NS(=O)(=O)C2CC2)n1.[Li+]. The van der Waals surface area contributed by atoms with Gasteiger partial charge in [-0.2, -0.15) is 0 Å². The molecule has 0 saturated heterocycles. The van der Waals surface area contributed by atoms with Crippen LogP contribution in [0.4, 0.5) is 5.95 Å². The molecule has 1 heterocycles. The van der Waals surface area contributed by atoms with Gasteiger partial charge in [-0.25, -0.2) is 18.4 Å². The summed E-state index contributed by atoms with van der Waals surface area (Å²) in [5.41, 5.74) is 0.379. The van der Waals surface area contributed by atoms with Gasteiger partial charge in [0.05, 0.1) is 30.1 Å². The average molecular weight is 293 g/mol. The van der Waals surface area contributed by atoms with Gasteiger partial charge in [-0.15, -0.1) is 0 Å². The molecule has 20 heavy (non-hydrogen) atoms. The monoisotopic (exact) mass is 293 g/mol. The fraction of sp³-hybridized carbons (Fsp3) is 0.500. The Hall–Kier alpha value is -1.14. The molecular formula is C10H12LiN3O5S. The van der Waals surface area contributed by atoms with Crippen molar-refractivity contribution in [3.63, 3.8) is 0 Å². The standard InChI is InChI=1S/C10H13N3O5S.Li/c14-9(15)6-18-5-7-3-4-11-10(12-7)13-19(16,17)8-1-2-8;/h3-4,8H,1-2,5-6H2,(H,14,15)(H,11,12,13);/q;+1/p-1. The minimum absolute atomic E-state index is 0. The molecule has 0 aliphatic heterocycles. The van der Waals surface area contributed by atoms with E-state index in [-0.39, 0.29) is 36.7 Å². The van der Waals surface area contributed by atoms with Crippen molar-refractivity contribution in [1.29, 1.82) is 0 Å². The number of aliphatic carboxylic acids is 1. The van der Waals surface area contributed by atoms with Crippen molar-refractivity contribution in [3.05, 3.63) is 18.0 Å². The quantitative estimate of drug-likeness (QED) is 0.504. The summed E-state index contributed by atoms with van der Waals surface area (Å²) in [6, 6.07) is 1.50. The minimum Gasteiger partial charge on any atom is -0.548 e. The van der Waals surface area contributed by atoms with Gasteiger partial charge < -0.3 is 14.6 Å². The number of aromatic nitrogens is 2. The van der Waals surface area contributed by atoms with Gasteiger partial charge >= 0.3 is 18.9 Å². The number of hydrogen-bond donors (Lipinski definition) is 1. The molecule has 1 aliphatic carbocycles. The maximum atomic E-state index is 11.7. The molecule has 104 valence electrons. The largest absolute Gasteiger partial charge is 1.00 e. The smallest absolute Gasteiger partial charge is 0.548 e. The van der Waals surface area contributed by atoms with E-state index in [9.17, 15) is 18.3 Å². The molecule has 0 radical (unpaired) electrons. The van der Waals surface area contributed by atoms with Crippen molar-refractivity contribution >= 4 is 21.9 Å². The Morgan fingerprint density at radius 1 is 1.50 bits per heavy atom. The van der Waals surface area contributed by atoms with Crippen molar-refractivity contribution in [2.75, 3.05) is 11.3 Å². The van der Waals surface area contributed by atoms with Crippen LogP contribution in [-0.2, 0) is 26.2 Å². The minimum atomic E-state index is -3.41. The van der Waals surface area contributed by atoms with E-state index in [4.69, 9.17) is 4.74 Å². The molecular weight excluding hydrogens is 281 g/mol. The number of nitrogens with one attached hydrogen (secondary N) is 1. The first-order valence-electron chi connectivity index (χ1n) is 5.58. The van der Waals surface area contributed by atoms with Gasteiger partial charge in [-0.05, 0) is 18.9 Å². The number of anilines is 1. The number of sulfonamides is 1. The summed E-state index contributed by atoms with van der Waals surface area (Å²) in [5, 5.41) is 9.80. The summed E-state index contributed by atoms with van der Waals surface area (Å²) < 4.78 is 30.4. The van der Waals surface area contributed by atoms with Gasteiger partial charge in [0, 0.05) is 6.20 Å². The first-order valence-corrected chi connectivity index (χ1v) is 7.13. The van der Waals surface area contributed by atoms with E-state index < -0.39 is 22.6 Å². The Labute approximate surface area is 128 Å². The second kappa shape index (κ2) is 7.04. The van der Waals surface area contributed by atoms with E-state index in [0.29, 0.717) is 18.5 Å². The van der Waals surface area contributed by atoms with Gasteiger partial charge in [-0.1, -0.05) is 0 Å². The van der Waals surface area contributed by atoms with Crippen molar-refractivity contribution < 1.29 is 41.9 Å². The van der Waals surface area contributed by atoms with E-state index in [2.05, 4.69) is 14.7 Å². The first-order chi connectivity index (χ1) is 8.97. The molecule has 2 rings (SSSR count). The van der Waals surface area contributed by atoms with Crippen LogP contribution in [-0.4, -0.2) is 36.2 Å². The number of carbonyl (C=O) groups excluding carboxylic acids is 1. The topological polar surface area (TPSA) is 121 Å². The van der Waals surface area contributed by atoms with E-state index in [1.54, 1.807) is 0 Å². The molecule has 0 atom stereocenters. The zero-order valence-corrected chi connectivity index (χ0v) is 11.7. The van der Waals surface area contributed by atoms with Crippen LogP contribution >= 0.6 is 0 Å². The molecule has 0 spiro atoms. The zero-order chi connectivity index (χ0) is 13.9. The van der Waals surface area contributed by atoms with E-state index >= 15 is 0 Å². The normalized spacial score (nSPS) is 14.4. The Bertz CT molecular complexity index is 576. The van der Waals surface area contributed by atoms with E-state index in [0.717, 1.165) is 0 Å². The van der Waals surface area contributed by atoms with Crippen LogP contribution in [0.5, 0.6) is 0 Å². The Balaban J connectivity index is 0.00000200. The van der Waals surface area contributed by atoms with Gasteiger partial charge in [0.15, 0.2) is 0 Å². The summed E-state index contributed by atoms with van der Waals surface area (Å²) >= 11 is 0. The van der Waals surface area contributed by atoms with Crippen LogP contribution in [0.15, 0.2) is 12.3 Å². The van der Waals surface area contributed by atoms with Crippen LogP contribution in [0.25, 0.3) is 0 Å². The third-order valence-electron chi connectivity index (χ3n) is 2.38. The first kappa shape index (κ1) is 16.9. The molecule has 0 bridgehead atoms. The zero-order valence-electron chi connectivity index (χ0n) is 10.9. The van der Waals surface area contributed by atoms with Crippen molar-refractivity contribution in [1.82, 2.24) is 9.97 Å². The van der Waals surface area contributed by atoms with E-state index in [1.165, 1.54) is 12.3 Å². The number of carboxylic acids is 1. The number of ether oxygens (including phenoxy) is 1. The van der Waals surface area contributed by atoms with Crippen molar-refractivity contribution in [3.8, 4) is 0 Å². The predicted molar refractivity (Wildman–Crippen MR) is 62.3 cm³/mol. The van der Waals surface area contributed by atoms with Gasteiger partial charge in [0.25, 0.3) is 0 Å². The van der Waals surface area contributed by atoms with Crippen molar-refractivity contribution in [2.24, 2.45) is 0 Å². The molecule has 1 aromatic heterocycles. The Morgan fingerprint density at radius 2 is 2.20 bits per heavy atom. The molecule has 0 unspecified atom stereocenters. The number of carboxylic acid groups (broad SMARTS) is 1. The van der Waals surface area contributed by atoms with Gasteiger partial charge in [-0.3, -0.25) is 4.72 Å². The molecule has 10 heteroatoms. The van der Waals surface area contributed by atoms with Gasteiger partial charge in [0.1, 0.15) is 0 Å². The number of nitrogens with zero attached hydrogens (tertiary/aromatic N) is 2. The second-order valence-corrected chi connectivity index (χ2v) is 6.04. The fourth-order valence-corrected chi connectivity index (χ4v) is 2.63. The second-order valence-electron chi connectivity index (χ2n) is 4.08. The third-order valence-corrected chi connectivity index (χ3v) is 4.20. The summed E-state index contributed by atoms with van der Waals surface area (Å²) in [6.45, 7) is -0.609. The van der Waals surface area contributed by atoms with Crippen LogP contribution < -0.4 is 28.7 Å². The molecule has 0 aromatic carbocycles. The third kappa shape index (κ3) is 5.09. The van der Waals surface area contributed by atoms with Crippen molar-refractivity contribution in [2.45, 2.75) is 24.7 Å².